The van der Waals surface area contributed by atoms with Crippen LogP contribution >= 0.6 is 0 Å². The van der Waals surface area contributed by atoms with E-state index < -0.39 is 0 Å². The number of nitrogens with one attached hydrogen (secondary N) is 2. The lowest BCUT2D eigenvalue weighted by Gasteiger charge is -2.20. The number of amides is 3. The van der Waals surface area contributed by atoms with Gasteiger partial charge in [0.25, 0.3) is 5.91 Å². The van der Waals surface area contributed by atoms with Crippen LogP contribution in [0.25, 0.3) is 0 Å². The van der Waals surface area contributed by atoms with E-state index in [9.17, 15) is 9.59 Å². The van der Waals surface area contributed by atoms with E-state index in [1.54, 1.807) is 11.1 Å². The number of anilines is 1. The van der Waals surface area contributed by atoms with E-state index in [-0.39, 0.29) is 23.9 Å². The first-order valence-corrected chi connectivity index (χ1v) is 9.21. The predicted molar refractivity (Wildman–Crippen MR) is 102 cm³/mol. The molecule has 8 nitrogen and oxygen atoms in total. The summed E-state index contributed by atoms with van der Waals surface area (Å²) in [4.78, 5) is 37.3. The van der Waals surface area contributed by atoms with Gasteiger partial charge in [-0.15, -0.1) is 0 Å². The molecule has 0 aliphatic carbocycles. The Balaban J connectivity index is 2.24. The molecule has 0 bridgehead atoms. The molecule has 1 saturated heterocycles. The Bertz CT molecular complexity index is 647. The van der Waals surface area contributed by atoms with E-state index in [4.69, 9.17) is 0 Å². The van der Waals surface area contributed by atoms with Crippen LogP contribution in [0.2, 0.25) is 0 Å². The van der Waals surface area contributed by atoms with E-state index >= 15 is 0 Å². The normalized spacial score (nSPS) is 16.7. The highest BCUT2D eigenvalue weighted by atomic mass is 16.2. The number of rotatable bonds is 6. The number of likely N-dealkylation sites (tertiary alicyclic amines) is 1. The van der Waals surface area contributed by atoms with Gasteiger partial charge in [0.05, 0.1) is 11.3 Å². The van der Waals surface area contributed by atoms with E-state index in [0.29, 0.717) is 36.8 Å². The summed E-state index contributed by atoms with van der Waals surface area (Å²) in [5.74, 6) is 0.418. The Morgan fingerprint density at radius 3 is 2.73 bits per heavy atom. The molecule has 144 valence electrons. The third kappa shape index (κ3) is 4.83. The second-order valence-corrected chi connectivity index (χ2v) is 7.16. The number of aromatic nitrogens is 2. The highest BCUT2D eigenvalue weighted by Gasteiger charge is 2.31. The maximum atomic E-state index is 12.6. The van der Waals surface area contributed by atoms with E-state index in [1.165, 1.54) is 0 Å². The quantitative estimate of drug-likeness (QED) is 0.802. The van der Waals surface area contributed by atoms with Crippen LogP contribution in [0.4, 0.5) is 10.7 Å². The molecule has 3 amide bonds. The van der Waals surface area contributed by atoms with Crippen molar-refractivity contribution in [1.29, 1.82) is 0 Å². The molecule has 2 heterocycles. The topological polar surface area (TPSA) is 90.5 Å². The fourth-order valence-corrected chi connectivity index (χ4v) is 2.94. The van der Waals surface area contributed by atoms with E-state index in [0.717, 1.165) is 12.8 Å². The molecular formula is C18H30N6O2. The molecule has 26 heavy (non-hydrogen) atoms. The molecule has 0 spiro atoms. The lowest BCUT2D eigenvalue weighted by Crippen LogP contribution is -2.38. The number of carbonyl (C=O) groups is 2. The lowest BCUT2D eigenvalue weighted by molar-refractivity contribution is 0.0941. The van der Waals surface area contributed by atoms with Crippen LogP contribution in [-0.4, -0.2) is 66.6 Å². The highest BCUT2D eigenvalue weighted by molar-refractivity contribution is 5.95. The number of nitrogens with zero attached hydrogens (tertiary/aromatic N) is 4. The third-order valence-electron chi connectivity index (χ3n) is 4.26. The van der Waals surface area contributed by atoms with Gasteiger partial charge in [-0.25, -0.2) is 14.8 Å². The van der Waals surface area contributed by atoms with Crippen LogP contribution in [0.5, 0.6) is 0 Å². The van der Waals surface area contributed by atoms with Gasteiger partial charge in [-0.2, -0.15) is 0 Å². The largest absolute Gasteiger partial charge is 0.350 e. The van der Waals surface area contributed by atoms with Crippen molar-refractivity contribution in [3.8, 4) is 0 Å². The van der Waals surface area contributed by atoms with Crippen molar-refractivity contribution in [2.45, 2.75) is 45.6 Å². The first kappa shape index (κ1) is 19.9. The van der Waals surface area contributed by atoms with Gasteiger partial charge in [0, 0.05) is 51.9 Å². The molecule has 1 fully saturated rings. The Morgan fingerprint density at radius 1 is 1.38 bits per heavy atom. The molecular weight excluding hydrogens is 332 g/mol. The maximum Gasteiger partial charge on any atom is 0.317 e. The highest BCUT2D eigenvalue weighted by Crippen LogP contribution is 2.29. The predicted octanol–water partition coefficient (Wildman–Crippen LogP) is 1.59. The molecule has 0 saturated carbocycles. The van der Waals surface area contributed by atoms with Crippen LogP contribution in [0.15, 0.2) is 6.20 Å². The van der Waals surface area contributed by atoms with E-state index in [1.807, 2.05) is 39.8 Å². The summed E-state index contributed by atoms with van der Waals surface area (Å²) in [6, 6.07) is -0.0202. The fraction of sp³-hybridized carbons (Fsp3) is 0.667. The lowest BCUT2D eigenvalue weighted by atomic mass is 9.99. The molecule has 8 heteroatoms. The van der Waals surface area contributed by atoms with Crippen molar-refractivity contribution >= 4 is 17.9 Å². The average Bonchev–Trinajstić information content (AvgIpc) is 3.08. The average molecular weight is 362 g/mol. The van der Waals surface area contributed by atoms with Gasteiger partial charge in [-0.05, 0) is 26.7 Å². The van der Waals surface area contributed by atoms with Gasteiger partial charge >= 0.3 is 6.03 Å². The van der Waals surface area contributed by atoms with Crippen molar-refractivity contribution in [2.24, 2.45) is 0 Å². The Hall–Kier alpha value is -2.38. The summed E-state index contributed by atoms with van der Waals surface area (Å²) in [6.45, 7) is 7.74. The minimum Gasteiger partial charge on any atom is -0.350 e. The Morgan fingerprint density at radius 2 is 2.12 bits per heavy atom. The number of hydrogen-bond donors (Lipinski definition) is 2. The minimum absolute atomic E-state index is 0.0250. The molecule has 1 unspecified atom stereocenters. The number of hydrogen-bond acceptors (Lipinski definition) is 5. The number of urea groups is 1. The zero-order valence-corrected chi connectivity index (χ0v) is 16.4. The van der Waals surface area contributed by atoms with Crippen molar-refractivity contribution in [3.05, 3.63) is 17.5 Å². The van der Waals surface area contributed by atoms with Crippen molar-refractivity contribution in [2.75, 3.05) is 38.6 Å². The zero-order valence-electron chi connectivity index (χ0n) is 16.4. The molecule has 1 aromatic heterocycles. The molecule has 0 radical (unpaired) electrons. The molecule has 2 N–H and O–H groups in total. The van der Waals surface area contributed by atoms with Crippen molar-refractivity contribution < 1.29 is 9.59 Å². The molecule has 1 aliphatic rings. The first-order chi connectivity index (χ1) is 12.3. The first-order valence-electron chi connectivity index (χ1n) is 9.21. The standard InChI is InChI=1S/C18H30N6O2/c1-6-8-19-18(26)24-9-7-13(11-24)15-14(16(25)21-12(2)3)10-20-17(22-15)23(4)5/h10,12-13H,6-9,11H2,1-5H3,(H,19,26)(H,21,25). The van der Waals surface area contributed by atoms with Crippen LogP contribution in [0, 0.1) is 0 Å². The van der Waals surface area contributed by atoms with Gasteiger partial charge in [-0.1, -0.05) is 6.92 Å². The molecule has 1 aliphatic heterocycles. The molecule has 1 aromatic rings. The molecule has 0 aromatic carbocycles. The van der Waals surface area contributed by atoms with Crippen LogP contribution in [-0.2, 0) is 0 Å². The Kier molecular flexibility index (Phi) is 6.76. The van der Waals surface area contributed by atoms with E-state index in [2.05, 4.69) is 20.6 Å². The van der Waals surface area contributed by atoms with Crippen LogP contribution in [0.3, 0.4) is 0 Å². The Labute approximate surface area is 155 Å². The van der Waals surface area contributed by atoms with Crippen LogP contribution in [0.1, 0.15) is 55.6 Å². The van der Waals surface area contributed by atoms with Crippen molar-refractivity contribution in [3.63, 3.8) is 0 Å². The van der Waals surface area contributed by atoms with Gasteiger partial charge < -0.3 is 20.4 Å². The van der Waals surface area contributed by atoms with Gasteiger partial charge in [0.2, 0.25) is 5.95 Å². The van der Waals surface area contributed by atoms with Gasteiger partial charge in [-0.3, -0.25) is 4.79 Å². The second-order valence-electron chi connectivity index (χ2n) is 7.16. The summed E-state index contributed by atoms with van der Waals surface area (Å²) in [5.41, 5.74) is 1.21. The summed E-state index contributed by atoms with van der Waals surface area (Å²) >= 11 is 0. The molecule has 1 atom stereocenters. The SMILES string of the molecule is CCCNC(=O)N1CCC(c2nc(N(C)C)ncc2C(=O)NC(C)C)C1. The van der Waals surface area contributed by atoms with Crippen LogP contribution < -0.4 is 15.5 Å². The summed E-state index contributed by atoms with van der Waals surface area (Å²) in [6.07, 6.45) is 3.28. The summed E-state index contributed by atoms with van der Waals surface area (Å²) in [5, 5.41) is 5.81. The number of carbonyl (C=O) groups excluding carboxylic acids is 2. The molecule has 2 rings (SSSR count). The summed E-state index contributed by atoms with van der Waals surface area (Å²) in [7, 11) is 3.73. The van der Waals surface area contributed by atoms with Crippen molar-refractivity contribution in [1.82, 2.24) is 25.5 Å². The second kappa shape index (κ2) is 8.82. The third-order valence-corrected chi connectivity index (χ3v) is 4.26. The van der Waals surface area contributed by atoms with Gasteiger partial charge in [0.15, 0.2) is 0 Å². The van der Waals surface area contributed by atoms with Gasteiger partial charge in [0.1, 0.15) is 0 Å². The fourth-order valence-electron chi connectivity index (χ4n) is 2.94. The zero-order chi connectivity index (χ0) is 19.3. The monoisotopic (exact) mass is 362 g/mol. The smallest absolute Gasteiger partial charge is 0.317 e. The summed E-state index contributed by atoms with van der Waals surface area (Å²) < 4.78 is 0. The maximum absolute atomic E-state index is 12.6. The minimum atomic E-state index is -0.172.